The molecule has 6 rings (SSSR count). The summed E-state index contributed by atoms with van der Waals surface area (Å²) in [6.45, 7) is 2.37. The highest BCUT2D eigenvalue weighted by atomic mass is 32.2. The van der Waals surface area contributed by atoms with Crippen LogP contribution in [0.15, 0.2) is 92.6 Å². The average Bonchev–Trinajstić information content (AvgIpc) is 3.65. The molecule has 3 aliphatic rings. The van der Waals surface area contributed by atoms with E-state index in [0.717, 1.165) is 58.5 Å². The monoisotopic (exact) mass is 523 g/mol. The SMILES string of the molecule is CN1/C(=C2/SC(=Nc3cc(C#N)ccc3N3CCCC3)N(Cc3ccccc3)C2=O)Sc2ccccc21. The second-order valence-electron chi connectivity index (χ2n) is 9.15. The minimum atomic E-state index is -0.0473. The Morgan fingerprint density at radius 2 is 1.70 bits per heavy atom. The Morgan fingerprint density at radius 3 is 2.46 bits per heavy atom. The van der Waals surface area contributed by atoms with Crippen LogP contribution in [0.4, 0.5) is 17.1 Å². The maximum absolute atomic E-state index is 13.9. The van der Waals surface area contributed by atoms with E-state index < -0.39 is 0 Å². The lowest BCUT2D eigenvalue weighted by molar-refractivity contribution is -0.122. The van der Waals surface area contributed by atoms with Gasteiger partial charge < -0.3 is 9.80 Å². The van der Waals surface area contributed by atoms with E-state index in [0.29, 0.717) is 22.2 Å². The predicted octanol–water partition coefficient (Wildman–Crippen LogP) is 6.33. The van der Waals surface area contributed by atoms with Crippen LogP contribution in [0.25, 0.3) is 0 Å². The highest BCUT2D eigenvalue weighted by molar-refractivity contribution is 8.19. The summed E-state index contributed by atoms with van der Waals surface area (Å²) in [6, 6.07) is 26.1. The second kappa shape index (κ2) is 10.0. The van der Waals surface area contributed by atoms with E-state index in [4.69, 9.17) is 4.99 Å². The highest BCUT2D eigenvalue weighted by Crippen LogP contribution is 2.50. The number of fused-ring (bicyclic) bond motifs is 1. The van der Waals surface area contributed by atoms with Gasteiger partial charge in [-0.3, -0.25) is 9.69 Å². The van der Waals surface area contributed by atoms with Gasteiger partial charge in [-0.25, -0.2) is 4.99 Å². The van der Waals surface area contributed by atoms with Crippen molar-refractivity contribution in [3.8, 4) is 6.07 Å². The average molecular weight is 524 g/mol. The fraction of sp³-hybridized carbons (Fsp3) is 0.207. The number of carbonyl (C=O) groups excluding carboxylic acids is 1. The van der Waals surface area contributed by atoms with Crippen molar-refractivity contribution < 1.29 is 4.79 Å². The molecule has 0 radical (unpaired) electrons. The van der Waals surface area contributed by atoms with E-state index in [1.54, 1.807) is 16.7 Å². The smallest absolute Gasteiger partial charge is 0.269 e. The molecule has 0 saturated carbocycles. The number of hydrogen-bond donors (Lipinski definition) is 0. The van der Waals surface area contributed by atoms with E-state index in [-0.39, 0.29) is 5.91 Å². The van der Waals surface area contributed by atoms with E-state index >= 15 is 0 Å². The Bertz CT molecular complexity index is 1470. The molecule has 3 aliphatic heterocycles. The van der Waals surface area contributed by atoms with Crippen molar-refractivity contribution in [3.63, 3.8) is 0 Å². The van der Waals surface area contributed by atoms with Crippen molar-refractivity contribution in [2.75, 3.05) is 29.9 Å². The molecule has 0 atom stereocenters. The summed E-state index contributed by atoms with van der Waals surface area (Å²) in [7, 11) is 2.01. The molecule has 0 N–H and O–H groups in total. The number of hydrogen-bond acceptors (Lipinski definition) is 7. The molecule has 0 aromatic heterocycles. The van der Waals surface area contributed by atoms with Crippen LogP contribution in [0.3, 0.4) is 0 Å². The van der Waals surface area contributed by atoms with Gasteiger partial charge in [0.25, 0.3) is 5.91 Å². The number of amidine groups is 1. The summed E-state index contributed by atoms with van der Waals surface area (Å²) in [4.78, 5) is 27.0. The van der Waals surface area contributed by atoms with E-state index in [9.17, 15) is 10.1 Å². The topological polar surface area (TPSA) is 62.9 Å². The number of amides is 1. The second-order valence-corrected chi connectivity index (χ2v) is 11.2. The van der Waals surface area contributed by atoms with E-state index in [2.05, 4.69) is 28.0 Å². The fourth-order valence-electron chi connectivity index (χ4n) is 4.84. The molecule has 3 heterocycles. The van der Waals surface area contributed by atoms with Crippen molar-refractivity contribution in [2.45, 2.75) is 24.3 Å². The Balaban J connectivity index is 1.44. The van der Waals surface area contributed by atoms with Crippen molar-refractivity contribution in [1.82, 2.24) is 4.90 Å². The van der Waals surface area contributed by atoms with Crippen LogP contribution in [-0.4, -0.2) is 36.1 Å². The Morgan fingerprint density at radius 1 is 0.946 bits per heavy atom. The van der Waals surface area contributed by atoms with Gasteiger partial charge in [-0.1, -0.05) is 54.2 Å². The molecule has 0 bridgehead atoms. The maximum atomic E-state index is 13.9. The zero-order chi connectivity index (χ0) is 25.4. The van der Waals surface area contributed by atoms with Gasteiger partial charge in [-0.2, -0.15) is 5.26 Å². The summed E-state index contributed by atoms with van der Waals surface area (Å²) in [5.74, 6) is -0.0473. The summed E-state index contributed by atoms with van der Waals surface area (Å²) < 4.78 is 0. The van der Waals surface area contributed by atoms with E-state index in [1.807, 2.05) is 67.7 Å². The molecular weight excluding hydrogens is 498 g/mol. The number of aliphatic imine (C=N–C) groups is 1. The summed E-state index contributed by atoms with van der Waals surface area (Å²) >= 11 is 3.04. The highest BCUT2D eigenvalue weighted by Gasteiger charge is 2.39. The van der Waals surface area contributed by atoms with Crippen LogP contribution in [0.5, 0.6) is 0 Å². The minimum absolute atomic E-state index is 0.0473. The number of carbonyl (C=O) groups is 1. The zero-order valence-electron chi connectivity index (χ0n) is 20.4. The van der Waals surface area contributed by atoms with Gasteiger partial charge in [0, 0.05) is 25.0 Å². The molecule has 0 unspecified atom stereocenters. The molecule has 3 aromatic carbocycles. The number of anilines is 2. The van der Waals surface area contributed by atoms with Crippen molar-refractivity contribution in [1.29, 1.82) is 5.26 Å². The number of rotatable bonds is 4. The normalized spacial score (nSPS) is 20.2. The van der Waals surface area contributed by atoms with Crippen LogP contribution < -0.4 is 9.80 Å². The molecular formula is C29H25N5OS2. The van der Waals surface area contributed by atoms with Gasteiger partial charge in [-0.15, -0.1) is 0 Å². The van der Waals surface area contributed by atoms with Gasteiger partial charge in [0.05, 0.1) is 40.3 Å². The molecule has 3 aromatic rings. The van der Waals surface area contributed by atoms with Gasteiger partial charge in [0.2, 0.25) is 0 Å². The van der Waals surface area contributed by atoms with Crippen LogP contribution in [0, 0.1) is 11.3 Å². The lowest BCUT2D eigenvalue weighted by Crippen LogP contribution is -2.29. The first-order valence-corrected chi connectivity index (χ1v) is 13.9. The van der Waals surface area contributed by atoms with Crippen molar-refractivity contribution >= 4 is 51.7 Å². The molecule has 2 saturated heterocycles. The van der Waals surface area contributed by atoms with Gasteiger partial charge in [0.15, 0.2) is 5.17 Å². The first-order valence-electron chi connectivity index (χ1n) is 12.3. The third-order valence-electron chi connectivity index (χ3n) is 6.75. The van der Waals surface area contributed by atoms with Gasteiger partial charge in [-0.05, 0) is 60.5 Å². The Labute approximate surface area is 225 Å². The molecule has 8 heteroatoms. The molecule has 37 heavy (non-hydrogen) atoms. The molecule has 0 spiro atoms. The number of nitriles is 1. The van der Waals surface area contributed by atoms with Crippen molar-refractivity contribution in [2.24, 2.45) is 4.99 Å². The van der Waals surface area contributed by atoms with Gasteiger partial charge in [0.1, 0.15) is 4.91 Å². The van der Waals surface area contributed by atoms with Crippen LogP contribution in [0.2, 0.25) is 0 Å². The lowest BCUT2D eigenvalue weighted by atomic mass is 10.1. The number of para-hydroxylation sites is 1. The van der Waals surface area contributed by atoms with Crippen LogP contribution in [-0.2, 0) is 11.3 Å². The molecule has 184 valence electrons. The molecule has 2 fully saturated rings. The van der Waals surface area contributed by atoms with Gasteiger partial charge >= 0.3 is 0 Å². The predicted molar refractivity (Wildman–Crippen MR) is 152 cm³/mol. The minimum Gasteiger partial charge on any atom is -0.370 e. The summed E-state index contributed by atoms with van der Waals surface area (Å²) in [5, 5.41) is 11.1. The first-order chi connectivity index (χ1) is 18.1. The van der Waals surface area contributed by atoms with Crippen LogP contribution >= 0.6 is 23.5 Å². The maximum Gasteiger partial charge on any atom is 0.269 e. The summed E-state index contributed by atoms with van der Waals surface area (Å²) in [5.41, 5.74) is 4.44. The largest absolute Gasteiger partial charge is 0.370 e. The molecule has 1 amide bonds. The fourth-order valence-corrected chi connectivity index (χ4v) is 7.17. The quantitative estimate of drug-likeness (QED) is 0.372. The third kappa shape index (κ3) is 4.50. The number of thioether (sulfide) groups is 2. The first kappa shape index (κ1) is 23.7. The lowest BCUT2D eigenvalue weighted by Gasteiger charge is -2.21. The van der Waals surface area contributed by atoms with Crippen LogP contribution in [0.1, 0.15) is 24.0 Å². The van der Waals surface area contributed by atoms with Crippen molar-refractivity contribution in [3.05, 3.63) is 93.9 Å². The Hall–Kier alpha value is -3.67. The standard InChI is InChI=1S/C29H25N5OS2/c1-32-24-11-5-6-12-25(24)36-28(32)26-27(35)34(19-20-9-3-2-4-10-20)29(37-26)31-22-17-21(18-30)13-14-23(22)33-15-7-8-16-33/h2-6,9-14,17H,7-8,15-16,19H2,1H3/b28-26-,31-29?. The molecule has 6 nitrogen and oxygen atoms in total. The number of nitrogens with zero attached hydrogens (tertiary/aromatic N) is 5. The Kier molecular flexibility index (Phi) is 6.41. The molecule has 0 aliphatic carbocycles. The number of benzene rings is 3. The summed E-state index contributed by atoms with van der Waals surface area (Å²) in [6.07, 6.45) is 2.29. The third-order valence-corrected chi connectivity index (χ3v) is 9.18. The zero-order valence-corrected chi connectivity index (χ0v) is 22.1. The van der Waals surface area contributed by atoms with E-state index in [1.165, 1.54) is 11.8 Å².